The highest BCUT2D eigenvalue weighted by molar-refractivity contribution is 6.04. The molecule has 2 rings (SSSR count). The van der Waals surface area contributed by atoms with Crippen molar-refractivity contribution in [1.82, 2.24) is 10.6 Å². The first-order chi connectivity index (χ1) is 14.2. The van der Waals surface area contributed by atoms with Crippen LogP contribution in [0.5, 0.6) is 5.75 Å². The summed E-state index contributed by atoms with van der Waals surface area (Å²) in [5.74, 6) is -0.0255. The molecule has 3 amide bonds. The van der Waals surface area contributed by atoms with E-state index >= 15 is 0 Å². The second-order valence-electron chi connectivity index (χ2n) is 7.52. The van der Waals surface area contributed by atoms with E-state index in [1.165, 1.54) is 7.11 Å². The number of alkyl carbamates (subject to hydrolysis) is 1. The highest BCUT2D eigenvalue weighted by Crippen LogP contribution is 2.16. The number of amides is 3. The van der Waals surface area contributed by atoms with E-state index in [1.807, 2.05) is 6.07 Å². The molecule has 0 unspecified atom stereocenters. The molecular formula is C22H27N3O5. The van der Waals surface area contributed by atoms with Gasteiger partial charge in [-0.3, -0.25) is 9.59 Å². The summed E-state index contributed by atoms with van der Waals surface area (Å²) >= 11 is 0. The molecule has 2 aromatic carbocycles. The van der Waals surface area contributed by atoms with Crippen LogP contribution in [0.15, 0.2) is 48.5 Å². The lowest BCUT2D eigenvalue weighted by Gasteiger charge is -2.19. The number of hydrogen-bond donors (Lipinski definition) is 3. The highest BCUT2D eigenvalue weighted by atomic mass is 16.6. The lowest BCUT2D eigenvalue weighted by molar-refractivity contribution is -0.120. The van der Waals surface area contributed by atoms with Gasteiger partial charge in [-0.25, -0.2) is 4.79 Å². The van der Waals surface area contributed by atoms with E-state index in [9.17, 15) is 14.4 Å². The van der Waals surface area contributed by atoms with Crippen molar-refractivity contribution in [3.63, 3.8) is 0 Å². The van der Waals surface area contributed by atoms with Crippen molar-refractivity contribution in [1.29, 1.82) is 0 Å². The Morgan fingerprint density at radius 1 is 0.967 bits per heavy atom. The van der Waals surface area contributed by atoms with Crippen molar-refractivity contribution in [3.05, 3.63) is 59.7 Å². The molecule has 0 fully saturated rings. The van der Waals surface area contributed by atoms with Gasteiger partial charge in [0.2, 0.25) is 5.91 Å². The molecule has 0 saturated heterocycles. The van der Waals surface area contributed by atoms with Gasteiger partial charge in [-0.15, -0.1) is 0 Å². The first kappa shape index (κ1) is 22.7. The van der Waals surface area contributed by atoms with Crippen molar-refractivity contribution in [2.45, 2.75) is 32.9 Å². The van der Waals surface area contributed by atoms with Gasteiger partial charge in [-0.05, 0) is 56.7 Å². The van der Waals surface area contributed by atoms with Crippen LogP contribution in [0.2, 0.25) is 0 Å². The molecule has 0 spiro atoms. The Kier molecular flexibility index (Phi) is 7.80. The Bertz CT molecular complexity index is 906. The summed E-state index contributed by atoms with van der Waals surface area (Å²) in [6.07, 6.45) is -0.653. The molecule has 0 heterocycles. The maximum Gasteiger partial charge on any atom is 0.408 e. The van der Waals surface area contributed by atoms with Crippen molar-refractivity contribution in [2.24, 2.45) is 0 Å². The van der Waals surface area contributed by atoms with Crippen molar-refractivity contribution >= 4 is 23.6 Å². The summed E-state index contributed by atoms with van der Waals surface area (Å²) in [4.78, 5) is 35.9. The van der Waals surface area contributed by atoms with Gasteiger partial charge in [-0.1, -0.05) is 18.2 Å². The largest absolute Gasteiger partial charge is 0.497 e. The molecular weight excluding hydrogens is 386 g/mol. The normalized spacial score (nSPS) is 10.7. The third kappa shape index (κ3) is 7.83. The first-order valence-electron chi connectivity index (χ1n) is 9.44. The highest BCUT2D eigenvalue weighted by Gasteiger charge is 2.16. The van der Waals surface area contributed by atoms with E-state index in [-0.39, 0.29) is 24.9 Å². The van der Waals surface area contributed by atoms with Gasteiger partial charge in [0, 0.05) is 17.8 Å². The van der Waals surface area contributed by atoms with Gasteiger partial charge in [0.05, 0.1) is 7.11 Å². The molecule has 3 N–H and O–H groups in total. The van der Waals surface area contributed by atoms with E-state index < -0.39 is 11.7 Å². The monoisotopic (exact) mass is 413 g/mol. The number of hydrogen-bond acceptors (Lipinski definition) is 5. The fourth-order valence-corrected chi connectivity index (χ4v) is 2.46. The number of carbonyl (C=O) groups is 3. The van der Waals surface area contributed by atoms with Crippen LogP contribution in [0, 0.1) is 0 Å². The van der Waals surface area contributed by atoms with E-state index in [0.29, 0.717) is 17.0 Å². The van der Waals surface area contributed by atoms with Gasteiger partial charge in [0.1, 0.15) is 17.9 Å². The molecule has 8 heteroatoms. The van der Waals surface area contributed by atoms with Gasteiger partial charge in [0.25, 0.3) is 5.91 Å². The summed E-state index contributed by atoms with van der Waals surface area (Å²) < 4.78 is 10.2. The third-order valence-electron chi connectivity index (χ3n) is 3.80. The summed E-state index contributed by atoms with van der Waals surface area (Å²) in [6, 6.07) is 14.0. The van der Waals surface area contributed by atoms with E-state index in [1.54, 1.807) is 63.2 Å². The van der Waals surface area contributed by atoms with Gasteiger partial charge < -0.3 is 25.4 Å². The molecule has 0 saturated carbocycles. The van der Waals surface area contributed by atoms with E-state index in [4.69, 9.17) is 9.47 Å². The second kappa shape index (κ2) is 10.3. The van der Waals surface area contributed by atoms with Gasteiger partial charge in [-0.2, -0.15) is 0 Å². The molecule has 0 radical (unpaired) electrons. The predicted octanol–water partition coefficient (Wildman–Crippen LogP) is 3.09. The fraction of sp³-hybridized carbons (Fsp3) is 0.318. The molecule has 0 aromatic heterocycles. The predicted molar refractivity (Wildman–Crippen MR) is 113 cm³/mol. The molecule has 8 nitrogen and oxygen atoms in total. The van der Waals surface area contributed by atoms with Crippen LogP contribution in [-0.2, 0) is 16.1 Å². The van der Waals surface area contributed by atoms with Gasteiger partial charge in [0.15, 0.2) is 0 Å². The van der Waals surface area contributed by atoms with Crippen molar-refractivity contribution in [2.75, 3.05) is 19.0 Å². The third-order valence-corrected chi connectivity index (χ3v) is 3.80. The maximum absolute atomic E-state index is 12.4. The summed E-state index contributed by atoms with van der Waals surface area (Å²) in [5.41, 5.74) is 1.24. The number of methoxy groups -OCH3 is 1. The topological polar surface area (TPSA) is 106 Å². The summed E-state index contributed by atoms with van der Waals surface area (Å²) in [6.45, 7) is 5.28. The van der Waals surface area contributed by atoms with Crippen molar-refractivity contribution < 1.29 is 23.9 Å². The Morgan fingerprint density at radius 3 is 2.40 bits per heavy atom. The average molecular weight is 413 g/mol. The van der Waals surface area contributed by atoms with E-state index in [0.717, 1.165) is 5.56 Å². The van der Waals surface area contributed by atoms with Crippen LogP contribution in [0.1, 0.15) is 36.7 Å². The number of benzene rings is 2. The molecule has 0 bridgehead atoms. The van der Waals surface area contributed by atoms with Crippen LogP contribution in [0.25, 0.3) is 0 Å². The minimum Gasteiger partial charge on any atom is -0.497 e. The zero-order valence-corrected chi connectivity index (χ0v) is 17.6. The molecule has 0 aliphatic rings. The van der Waals surface area contributed by atoms with Crippen LogP contribution in [0.4, 0.5) is 10.5 Å². The second-order valence-corrected chi connectivity index (χ2v) is 7.52. The maximum atomic E-state index is 12.4. The average Bonchev–Trinajstić information content (AvgIpc) is 2.69. The molecule has 2 aromatic rings. The SMILES string of the molecule is COc1cccc(C(=O)Nc2cccc(CNC(=O)CNC(=O)OC(C)(C)C)c2)c1. The van der Waals surface area contributed by atoms with Crippen LogP contribution in [0.3, 0.4) is 0 Å². The van der Waals surface area contributed by atoms with Crippen LogP contribution < -0.4 is 20.7 Å². The molecule has 0 aliphatic carbocycles. The quantitative estimate of drug-likeness (QED) is 0.647. The number of anilines is 1. The first-order valence-corrected chi connectivity index (χ1v) is 9.44. The number of ether oxygens (including phenoxy) is 2. The number of nitrogens with one attached hydrogen (secondary N) is 3. The lowest BCUT2D eigenvalue weighted by Crippen LogP contribution is -2.39. The van der Waals surface area contributed by atoms with E-state index in [2.05, 4.69) is 16.0 Å². The molecule has 0 atom stereocenters. The number of rotatable bonds is 7. The van der Waals surface area contributed by atoms with Crippen molar-refractivity contribution in [3.8, 4) is 5.75 Å². The molecule has 0 aliphatic heterocycles. The van der Waals surface area contributed by atoms with Crippen LogP contribution >= 0.6 is 0 Å². The summed E-state index contributed by atoms with van der Waals surface area (Å²) in [7, 11) is 1.54. The minimum absolute atomic E-state index is 0.193. The Labute approximate surface area is 175 Å². The standard InChI is InChI=1S/C22H27N3O5/c1-22(2,3)30-21(28)24-14-19(26)23-13-15-7-5-9-17(11-15)25-20(27)16-8-6-10-18(12-16)29-4/h5-12H,13-14H2,1-4H3,(H,23,26)(H,24,28)(H,25,27). The Morgan fingerprint density at radius 2 is 1.70 bits per heavy atom. The minimum atomic E-state index is -0.653. The van der Waals surface area contributed by atoms with Crippen LogP contribution in [-0.4, -0.2) is 37.2 Å². The molecule has 160 valence electrons. The fourth-order valence-electron chi connectivity index (χ4n) is 2.46. The Balaban J connectivity index is 1.85. The molecule has 30 heavy (non-hydrogen) atoms. The zero-order chi connectivity index (χ0) is 22.1. The Hall–Kier alpha value is -3.55. The lowest BCUT2D eigenvalue weighted by atomic mass is 10.1. The van der Waals surface area contributed by atoms with Gasteiger partial charge >= 0.3 is 6.09 Å². The smallest absolute Gasteiger partial charge is 0.408 e. The zero-order valence-electron chi connectivity index (χ0n) is 17.6. The number of carbonyl (C=O) groups excluding carboxylic acids is 3. The summed E-state index contributed by atoms with van der Waals surface area (Å²) in [5, 5.41) is 7.92.